The molecule has 2 nitrogen and oxygen atoms in total. The van der Waals surface area contributed by atoms with Crippen molar-refractivity contribution < 1.29 is 0 Å². The van der Waals surface area contributed by atoms with Crippen molar-refractivity contribution in [2.75, 3.05) is 0 Å². The maximum atomic E-state index is 4.56. The van der Waals surface area contributed by atoms with Gasteiger partial charge in [0.15, 0.2) is 5.82 Å². The zero-order valence-corrected chi connectivity index (χ0v) is 16.1. The molecular formula is C23H34N2. The molecule has 25 heavy (non-hydrogen) atoms. The van der Waals surface area contributed by atoms with Gasteiger partial charge in [0.05, 0.1) is 0 Å². The smallest absolute Gasteiger partial charge is 0.159 e. The molecule has 0 aliphatic carbocycles. The molecule has 0 saturated heterocycles. The fraction of sp³-hybridized carbons (Fsp3) is 0.565. The second kappa shape index (κ2) is 11.8. The van der Waals surface area contributed by atoms with Crippen molar-refractivity contribution in [2.24, 2.45) is 0 Å². The van der Waals surface area contributed by atoms with Crippen LogP contribution in [0.4, 0.5) is 0 Å². The monoisotopic (exact) mass is 338 g/mol. The molecule has 136 valence electrons. The second-order valence-electron chi connectivity index (χ2n) is 7.09. The van der Waals surface area contributed by atoms with Gasteiger partial charge in [-0.25, -0.2) is 9.97 Å². The van der Waals surface area contributed by atoms with E-state index in [1.54, 1.807) is 0 Å². The van der Waals surface area contributed by atoms with Crippen LogP contribution in [0.1, 0.15) is 82.8 Å². The van der Waals surface area contributed by atoms with Crippen LogP contribution in [0.15, 0.2) is 36.7 Å². The van der Waals surface area contributed by atoms with Crippen molar-refractivity contribution >= 4 is 0 Å². The molecule has 0 atom stereocenters. The van der Waals surface area contributed by atoms with Crippen molar-refractivity contribution in [3.8, 4) is 11.4 Å². The van der Waals surface area contributed by atoms with Crippen LogP contribution in [0.3, 0.4) is 0 Å². The Hall–Kier alpha value is -1.70. The summed E-state index contributed by atoms with van der Waals surface area (Å²) in [4.78, 5) is 9.12. The molecule has 0 radical (unpaired) electrons. The fourth-order valence-corrected chi connectivity index (χ4v) is 3.14. The number of hydrogen-bond donors (Lipinski definition) is 0. The number of rotatable bonds is 12. The predicted molar refractivity (Wildman–Crippen MR) is 108 cm³/mol. The first-order chi connectivity index (χ1) is 12.3. The molecule has 0 unspecified atom stereocenters. The third-order valence-corrected chi connectivity index (χ3v) is 4.81. The van der Waals surface area contributed by atoms with Crippen LogP contribution in [-0.4, -0.2) is 9.97 Å². The number of unbranched alkanes of at least 4 members (excludes halogenated alkanes) is 7. The van der Waals surface area contributed by atoms with Gasteiger partial charge in [-0.2, -0.15) is 0 Å². The third kappa shape index (κ3) is 7.37. The normalized spacial score (nSPS) is 11.0. The van der Waals surface area contributed by atoms with Gasteiger partial charge in [-0.3, -0.25) is 0 Å². The van der Waals surface area contributed by atoms with E-state index in [-0.39, 0.29) is 0 Å². The first-order valence-corrected chi connectivity index (χ1v) is 10.2. The molecule has 1 aromatic heterocycles. The Kier molecular flexibility index (Phi) is 9.25. The van der Waals surface area contributed by atoms with Gasteiger partial charge in [0, 0.05) is 18.0 Å². The maximum absolute atomic E-state index is 4.56. The van der Waals surface area contributed by atoms with E-state index in [2.05, 4.69) is 48.1 Å². The molecule has 1 heterocycles. The van der Waals surface area contributed by atoms with E-state index in [1.165, 1.54) is 75.3 Å². The van der Waals surface area contributed by atoms with Crippen LogP contribution in [-0.2, 0) is 12.8 Å². The van der Waals surface area contributed by atoms with Crippen molar-refractivity contribution in [3.05, 3.63) is 47.8 Å². The molecule has 2 heteroatoms. The maximum Gasteiger partial charge on any atom is 0.159 e. The summed E-state index contributed by atoms with van der Waals surface area (Å²) in [5.74, 6) is 0.840. The average molecular weight is 339 g/mol. The summed E-state index contributed by atoms with van der Waals surface area (Å²) >= 11 is 0. The second-order valence-corrected chi connectivity index (χ2v) is 7.09. The average Bonchev–Trinajstić information content (AvgIpc) is 2.66. The predicted octanol–water partition coefficient (Wildman–Crippen LogP) is 6.78. The van der Waals surface area contributed by atoms with Crippen LogP contribution >= 0.6 is 0 Å². The lowest BCUT2D eigenvalue weighted by molar-refractivity contribution is 0.632. The van der Waals surface area contributed by atoms with Gasteiger partial charge in [-0.15, -0.1) is 0 Å². The standard InChI is InChI=1S/C23H34N2/c1-3-5-7-9-11-12-20-14-16-22(17-15-20)23-24-18-21(19-25-23)13-10-8-6-4-2/h14-19H,3-13H2,1-2H3. The number of aryl methyl sites for hydroxylation is 2. The van der Waals surface area contributed by atoms with Crippen LogP contribution in [0.2, 0.25) is 0 Å². The van der Waals surface area contributed by atoms with Crippen molar-refractivity contribution in [2.45, 2.75) is 84.5 Å². The Morgan fingerprint density at radius 2 is 1.12 bits per heavy atom. The molecule has 0 spiro atoms. The Balaban J connectivity index is 1.80. The third-order valence-electron chi connectivity index (χ3n) is 4.81. The Morgan fingerprint density at radius 1 is 0.600 bits per heavy atom. The lowest BCUT2D eigenvalue weighted by Gasteiger charge is -2.05. The highest BCUT2D eigenvalue weighted by atomic mass is 14.9. The Labute approximate surface area is 154 Å². The Morgan fingerprint density at radius 3 is 1.72 bits per heavy atom. The van der Waals surface area contributed by atoms with Gasteiger partial charge in [0.25, 0.3) is 0 Å². The highest BCUT2D eigenvalue weighted by Gasteiger charge is 2.02. The van der Waals surface area contributed by atoms with Gasteiger partial charge in [0.2, 0.25) is 0 Å². The van der Waals surface area contributed by atoms with E-state index in [4.69, 9.17) is 0 Å². The minimum atomic E-state index is 0.840. The highest BCUT2D eigenvalue weighted by Crippen LogP contribution is 2.17. The summed E-state index contributed by atoms with van der Waals surface area (Å²) < 4.78 is 0. The first-order valence-electron chi connectivity index (χ1n) is 10.2. The topological polar surface area (TPSA) is 25.8 Å². The zero-order valence-electron chi connectivity index (χ0n) is 16.1. The van der Waals surface area contributed by atoms with Gasteiger partial charge in [-0.05, 0) is 36.8 Å². The molecule has 2 aromatic rings. The summed E-state index contributed by atoms with van der Waals surface area (Å²) in [5, 5.41) is 0. The van der Waals surface area contributed by atoms with Crippen molar-refractivity contribution in [3.63, 3.8) is 0 Å². The summed E-state index contributed by atoms with van der Waals surface area (Å²) in [6.45, 7) is 4.51. The number of benzene rings is 1. The summed E-state index contributed by atoms with van der Waals surface area (Å²) in [5.41, 5.74) is 3.80. The zero-order chi connectivity index (χ0) is 17.7. The van der Waals surface area contributed by atoms with Gasteiger partial charge in [0.1, 0.15) is 0 Å². The quantitative estimate of drug-likeness (QED) is 0.399. The van der Waals surface area contributed by atoms with E-state index < -0.39 is 0 Å². The minimum absolute atomic E-state index is 0.840. The largest absolute Gasteiger partial charge is 0.236 e. The number of nitrogens with zero attached hydrogens (tertiary/aromatic N) is 2. The van der Waals surface area contributed by atoms with Gasteiger partial charge >= 0.3 is 0 Å². The molecule has 0 fully saturated rings. The molecular weight excluding hydrogens is 304 g/mol. The van der Waals surface area contributed by atoms with Crippen LogP contribution in [0.5, 0.6) is 0 Å². The molecule has 0 aliphatic heterocycles. The van der Waals surface area contributed by atoms with Crippen LogP contribution in [0.25, 0.3) is 11.4 Å². The minimum Gasteiger partial charge on any atom is -0.236 e. The van der Waals surface area contributed by atoms with Gasteiger partial charge < -0.3 is 0 Å². The van der Waals surface area contributed by atoms with E-state index in [9.17, 15) is 0 Å². The first kappa shape index (κ1) is 19.6. The summed E-state index contributed by atoms with van der Waals surface area (Å²) in [6.07, 6.45) is 18.1. The van der Waals surface area contributed by atoms with Crippen LogP contribution < -0.4 is 0 Å². The molecule has 0 bridgehead atoms. The number of aromatic nitrogens is 2. The van der Waals surface area contributed by atoms with E-state index in [0.29, 0.717) is 0 Å². The van der Waals surface area contributed by atoms with E-state index >= 15 is 0 Å². The summed E-state index contributed by atoms with van der Waals surface area (Å²) in [7, 11) is 0. The molecule has 1 aromatic carbocycles. The lowest BCUT2D eigenvalue weighted by Crippen LogP contribution is -1.94. The fourth-order valence-electron chi connectivity index (χ4n) is 3.14. The molecule has 0 aliphatic rings. The lowest BCUT2D eigenvalue weighted by atomic mass is 10.0. The van der Waals surface area contributed by atoms with Crippen LogP contribution in [0, 0.1) is 0 Å². The molecule has 0 saturated carbocycles. The molecule has 0 N–H and O–H groups in total. The molecule has 0 amide bonds. The Bertz CT molecular complexity index is 572. The number of hydrogen-bond acceptors (Lipinski definition) is 2. The van der Waals surface area contributed by atoms with Crippen molar-refractivity contribution in [1.29, 1.82) is 0 Å². The summed E-state index contributed by atoms with van der Waals surface area (Å²) in [6, 6.07) is 8.80. The van der Waals surface area contributed by atoms with E-state index in [0.717, 1.165) is 17.8 Å². The van der Waals surface area contributed by atoms with Gasteiger partial charge in [-0.1, -0.05) is 83.1 Å². The van der Waals surface area contributed by atoms with E-state index in [1.807, 2.05) is 12.4 Å². The SMILES string of the molecule is CCCCCCCc1ccc(-c2ncc(CCCCCC)cn2)cc1. The van der Waals surface area contributed by atoms with Crippen molar-refractivity contribution in [1.82, 2.24) is 9.97 Å². The highest BCUT2D eigenvalue weighted by molar-refractivity contribution is 5.55. The molecule has 2 rings (SSSR count).